The average molecular weight is 402 g/mol. The van der Waals surface area contributed by atoms with Gasteiger partial charge in [-0.05, 0) is 36.2 Å². The van der Waals surface area contributed by atoms with Crippen LogP contribution in [0, 0.1) is 10.1 Å². The minimum Gasteiger partial charge on any atom is -0.427 e. The molecule has 0 saturated heterocycles. The third-order valence-corrected chi connectivity index (χ3v) is 3.92. The molecule has 154 valence electrons. The van der Waals surface area contributed by atoms with Crippen molar-refractivity contribution in [3.63, 3.8) is 0 Å². The predicted molar refractivity (Wildman–Crippen MR) is 104 cm³/mol. The van der Waals surface area contributed by atoms with Gasteiger partial charge in [0.25, 0.3) is 5.69 Å². The van der Waals surface area contributed by atoms with Crippen LogP contribution < -0.4 is 15.2 Å². The molecule has 2 rings (SSSR count). The van der Waals surface area contributed by atoms with Crippen LogP contribution in [0.15, 0.2) is 48.5 Å². The summed E-state index contributed by atoms with van der Waals surface area (Å²) in [5.41, 5.74) is 6.15. The zero-order chi connectivity index (χ0) is 21.2. The van der Waals surface area contributed by atoms with E-state index in [4.69, 9.17) is 19.9 Å². The molecular weight excluding hydrogens is 380 g/mol. The quantitative estimate of drug-likeness (QED) is 0.220. The van der Waals surface area contributed by atoms with E-state index in [0.29, 0.717) is 17.7 Å². The molecule has 2 aromatic carbocycles. The first-order valence-electron chi connectivity index (χ1n) is 9.06. The Morgan fingerprint density at radius 1 is 1.03 bits per heavy atom. The number of carbonyl (C=O) groups is 2. The number of nitrogens with zero attached hydrogens (tertiary/aromatic N) is 1. The Morgan fingerprint density at radius 2 is 1.62 bits per heavy atom. The number of hydrogen-bond donors (Lipinski definition) is 1. The lowest BCUT2D eigenvalue weighted by atomic mass is 10.1. The summed E-state index contributed by atoms with van der Waals surface area (Å²) in [5.74, 6) is 0.183. The van der Waals surface area contributed by atoms with Gasteiger partial charge in [0.05, 0.1) is 4.92 Å². The smallest absolute Gasteiger partial charge is 0.427 e. The van der Waals surface area contributed by atoms with Crippen LogP contribution in [0.2, 0.25) is 0 Å². The third kappa shape index (κ3) is 6.89. The summed E-state index contributed by atoms with van der Waals surface area (Å²) in [6, 6.07) is 11.5. The highest BCUT2D eigenvalue weighted by molar-refractivity contribution is 5.72. The molecule has 0 amide bonds. The number of nitro benzene ring substituents is 1. The Hall–Kier alpha value is -3.46. The summed E-state index contributed by atoms with van der Waals surface area (Å²) in [4.78, 5) is 33.7. The van der Waals surface area contributed by atoms with Gasteiger partial charge in [0.1, 0.15) is 17.6 Å². The molecule has 0 fully saturated rings. The zero-order valence-corrected chi connectivity index (χ0v) is 15.9. The SMILES string of the molecule is CCCCC(=O)Oc1ccc(C(CN)OC(=O)Oc2ccc([N+](=O)[O-])cc2)cc1. The summed E-state index contributed by atoms with van der Waals surface area (Å²) in [6.45, 7) is 1.99. The molecule has 29 heavy (non-hydrogen) atoms. The molecule has 0 bridgehead atoms. The molecular formula is C20H22N2O7. The van der Waals surface area contributed by atoms with E-state index in [0.717, 1.165) is 12.8 Å². The Bertz CT molecular complexity index is 835. The Balaban J connectivity index is 1.93. The van der Waals surface area contributed by atoms with Crippen molar-refractivity contribution in [1.82, 2.24) is 0 Å². The standard InChI is InChI=1S/C20H22N2O7/c1-2-3-4-19(23)27-16-9-5-14(6-10-16)18(13-21)29-20(24)28-17-11-7-15(8-12-17)22(25)26/h5-12,18H,2-4,13,21H2,1H3. The van der Waals surface area contributed by atoms with Gasteiger partial charge in [-0.3, -0.25) is 14.9 Å². The second-order valence-electron chi connectivity index (χ2n) is 6.09. The summed E-state index contributed by atoms with van der Waals surface area (Å²) >= 11 is 0. The fourth-order valence-corrected chi connectivity index (χ4v) is 2.38. The second-order valence-corrected chi connectivity index (χ2v) is 6.09. The van der Waals surface area contributed by atoms with Gasteiger partial charge in [0.2, 0.25) is 0 Å². The molecule has 0 aliphatic rings. The number of ether oxygens (including phenoxy) is 3. The average Bonchev–Trinajstić information content (AvgIpc) is 2.71. The molecule has 2 aromatic rings. The Kier molecular flexibility index (Phi) is 8.11. The summed E-state index contributed by atoms with van der Waals surface area (Å²) < 4.78 is 15.4. The van der Waals surface area contributed by atoms with Crippen LogP contribution in [0.4, 0.5) is 10.5 Å². The number of benzene rings is 2. The molecule has 0 aliphatic heterocycles. The molecule has 2 N–H and O–H groups in total. The number of esters is 1. The fourth-order valence-electron chi connectivity index (χ4n) is 2.38. The molecule has 0 heterocycles. The fraction of sp³-hybridized carbons (Fsp3) is 0.300. The van der Waals surface area contributed by atoms with Gasteiger partial charge in [-0.2, -0.15) is 0 Å². The lowest BCUT2D eigenvalue weighted by Gasteiger charge is -2.16. The number of carbonyl (C=O) groups excluding carboxylic acids is 2. The van der Waals surface area contributed by atoms with Crippen molar-refractivity contribution >= 4 is 17.8 Å². The highest BCUT2D eigenvalue weighted by atomic mass is 16.7. The lowest BCUT2D eigenvalue weighted by Crippen LogP contribution is -2.21. The number of nitrogens with two attached hydrogens (primary N) is 1. The first kappa shape index (κ1) is 21.8. The van der Waals surface area contributed by atoms with E-state index in [-0.39, 0.29) is 24.0 Å². The molecule has 9 heteroatoms. The van der Waals surface area contributed by atoms with E-state index >= 15 is 0 Å². The van der Waals surface area contributed by atoms with Crippen molar-refractivity contribution in [1.29, 1.82) is 0 Å². The van der Waals surface area contributed by atoms with Crippen LogP contribution in [-0.4, -0.2) is 23.6 Å². The maximum atomic E-state index is 12.0. The van der Waals surface area contributed by atoms with Gasteiger partial charge >= 0.3 is 12.1 Å². The zero-order valence-electron chi connectivity index (χ0n) is 15.9. The monoisotopic (exact) mass is 402 g/mol. The van der Waals surface area contributed by atoms with E-state index in [9.17, 15) is 19.7 Å². The lowest BCUT2D eigenvalue weighted by molar-refractivity contribution is -0.384. The molecule has 0 aliphatic carbocycles. The number of nitro groups is 1. The molecule has 0 aromatic heterocycles. The van der Waals surface area contributed by atoms with Crippen molar-refractivity contribution < 1.29 is 28.7 Å². The van der Waals surface area contributed by atoms with Gasteiger partial charge in [0, 0.05) is 25.1 Å². The Morgan fingerprint density at radius 3 is 2.17 bits per heavy atom. The van der Waals surface area contributed by atoms with E-state index in [2.05, 4.69) is 0 Å². The van der Waals surface area contributed by atoms with Crippen LogP contribution in [0.5, 0.6) is 11.5 Å². The maximum absolute atomic E-state index is 12.0. The molecule has 0 radical (unpaired) electrons. The number of rotatable bonds is 9. The first-order chi connectivity index (χ1) is 13.9. The van der Waals surface area contributed by atoms with Crippen molar-refractivity contribution in [3.05, 3.63) is 64.2 Å². The van der Waals surface area contributed by atoms with Crippen LogP contribution in [0.25, 0.3) is 0 Å². The largest absolute Gasteiger partial charge is 0.514 e. The van der Waals surface area contributed by atoms with Gasteiger partial charge in [0.15, 0.2) is 0 Å². The molecule has 1 unspecified atom stereocenters. The highest BCUT2D eigenvalue weighted by Gasteiger charge is 2.18. The molecule has 0 spiro atoms. The maximum Gasteiger partial charge on any atom is 0.514 e. The van der Waals surface area contributed by atoms with E-state index in [1.54, 1.807) is 24.3 Å². The highest BCUT2D eigenvalue weighted by Crippen LogP contribution is 2.23. The van der Waals surface area contributed by atoms with Gasteiger partial charge in [-0.1, -0.05) is 25.5 Å². The minimum atomic E-state index is -0.996. The van der Waals surface area contributed by atoms with Crippen molar-refractivity contribution in [2.24, 2.45) is 5.73 Å². The van der Waals surface area contributed by atoms with Crippen LogP contribution in [0.1, 0.15) is 37.9 Å². The minimum absolute atomic E-state index is 0.00496. The number of unbranched alkanes of at least 4 members (excludes halogenated alkanes) is 1. The van der Waals surface area contributed by atoms with E-state index in [1.165, 1.54) is 24.3 Å². The van der Waals surface area contributed by atoms with Crippen molar-refractivity contribution in [3.8, 4) is 11.5 Å². The molecule has 0 saturated carbocycles. The normalized spacial score (nSPS) is 11.4. The second kappa shape index (κ2) is 10.8. The summed E-state index contributed by atoms with van der Waals surface area (Å²) in [7, 11) is 0. The van der Waals surface area contributed by atoms with Crippen molar-refractivity contribution in [2.45, 2.75) is 32.3 Å². The summed E-state index contributed by atoms with van der Waals surface area (Å²) in [6.07, 6.45) is 0.243. The van der Waals surface area contributed by atoms with Gasteiger partial charge in [-0.15, -0.1) is 0 Å². The molecule has 1 atom stereocenters. The van der Waals surface area contributed by atoms with Gasteiger partial charge < -0.3 is 19.9 Å². The van der Waals surface area contributed by atoms with Gasteiger partial charge in [-0.25, -0.2) is 4.79 Å². The van der Waals surface area contributed by atoms with Crippen LogP contribution >= 0.6 is 0 Å². The van der Waals surface area contributed by atoms with Crippen LogP contribution in [0.3, 0.4) is 0 Å². The Labute approximate surface area is 167 Å². The molecule has 9 nitrogen and oxygen atoms in total. The van der Waals surface area contributed by atoms with Crippen molar-refractivity contribution in [2.75, 3.05) is 6.54 Å². The third-order valence-electron chi connectivity index (χ3n) is 3.92. The number of non-ortho nitro benzene ring substituents is 1. The van der Waals surface area contributed by atoms with E-state index < -0.39 is 17.2 Å². The number of hydrogen-bond acceptors (Lipinski definition) is 8. The topological polar surface area (TPSA) is 131 Å². The first-order valence-corrected chi connectivity index (χ1v) is 9.06. The van der Waals surface area contributed by atoms with E-state index in [1.807, 2.05) is 6.92 Å². The van der Waals surface area contributed by atoms with Crippen LogP contribution in [-0.2, 0) is 9.53 Å². The predicted octanol–water partition coefficient (Wildman–Crippen LogP) is 3.91. The summed E-state index contributed by atoms with van der Waals surface area (Å²) in [5, 5.41) is 10.6.